The Labute approximate surface area is 226 Å². The quantitative estimate of drug-likeness (QED) is 0.129. The van der Waals surface area contributed by atoms with Crippen molar-refractivity contribution in [1.29, 1.82) is 0 Å². The number of ether oxygens (including phenoxy) is 1. The van der Waals surface area contributed by atoms with E-state index in [4.69, 9.17) is 9.72 Å². The van der Waals surface area contributed by atoms with E-state index in [9.17, 15) is 19.8 Å². The zero-order valence-corrected chi connectivity index (χ0v) is 22.3. The average Bonchev–Trinajstić information content (AvgIpc) is 3.28. The molecule has 11 heteroatoms. The molecule has 2 aromatic carbocycles. The van der Waals surface area contributed by atoms with E-state index in [1.807, 2.05) is 31.2 Å². The molecule has 1 aliphatic rings. The highest BCUT2D eigenvalue weighted by atomic mass is 32.2. The lowest BCUT2D eigenvalue weighted by molar-refractivity contribution is -0.118. The number of carbonyl (C=O) groups is 1. The summed E-state index contributed by atoms with van der Waals surface area (Å²) in [5, 5.41) is 24.2. The monoisotopic (exact) mass is 550 g/mol. The van der Waals surface area contributed by atoms with E-state index >= 15 is 0 Å². The molecule has 38 heavy (non-hydrogen) atoms. The van der Waals surface area contributed by atoms with Gasteiger partial charge in [0.05, 0.1) is 29.6 Å². The first-order chi connectivity index (χ1) is 18.4. The Morgan fingerprint density at radius 2 is 2.00 bits per heavy atom. The number of phenols is 2. The summed E-state index contributed by atoms with van der Waals surface area (Å²) in [5.41, 5.74) is 4.38. The Kier molecular flexibility index (Phi) is 7.66. The molecule has 1 aliphatic carbocycles. The van der Waals surface area contributed by atoms with Crippen molar-refractivity contribution in [2.24, 2.45) is 5.10 Å². The van der Waals surface area contributed by atoms with E-state index in [1.165, 1.54) is 29.3 Å². The van der Waals surface area contributed by atoms with E-state index < -0.39 is 5.91 Å². The van der Waals surface area contributed by atoms with Crippen molar-refractivity contribution in [3.63, 3.8) is 0 Å². The minimum Gasteiger partial charge on any atom is -0.508 e. The van der Waals surface area contributed by atoms with Crippen LogP contribution in [0.15, 0.2) is 57.5 Å². The van der Waals surface area contributed by atoms with Gasteiger partial charge in [-0.2, -0.15) is 5.10 Å². The second-order valence-electron chi connectivity index (χ2n) is 8.68. The molecule has 0 saturated carbocycles. The van der Waals surface area contributed by atoms with Gasteiger partial charge in [0.15, 0.2) is 5.16 Å². The van der Waals surface area contributed by atoms with Crippen LogP contribution in [0, 0.1) is 0 Å². The van der Waals surface area contributed by atoms with Gasteiger partial charge in [0.25, 0.3) is 11.5 Å². The normalized spacial score (nSPS) is 13.1. The fraction of sp³-hybridized carbons (Fsp3) is 0.259. The molecule has 0 radical (unpaired) electrons. The molecule has 0 unspecified atom stereocenters. The summed E-state index contributed by atoms with van der Waals surface area (Å²) < 4.78 is 7.11. The van der Waals surface area contributed by atoms with Crippen molar-refractivity contribution in [1.82, 2.24) is 15.0 Å². The topological polar surface area (TPSA) is 126 Å². The Morgan fingerprint density at radius 1 is 1.21 bits per heavy atom. The van der Waals surface area contributed by atoms with Crippen LogP contribution in [0.1, 0.15) is 35.8 Å². The zero-order valence-electron chi connectivity index (χ0n) is 20.6. The Balaban J connectivity index is 1.42. The number of amides is 1. The van der Waals surface area contributed by atoms with E-state index in [0.717, 1.165) is 43.0 Å². The average molecular weight is 551 g/mol. The summed E-state index contributed by atoms with van der Waals surface area (Å²) >= 11 is 2.72. The van der Waals surface area contributed by atoms with Crippen molar-refractivity contribution in [2.75, 3.05) is 12.4 Å². The van der Waals surface area contributed by atoms with Crippen LogP contribution in [0.3, 0.4) is 0 Å². The summed E-state index contributed by atoms with van der Waals surface area (Å²) in [6, 6.07) is 11.3. The highest BCUT2D eigenvalue weighted by Crippen LogP contribution is 2.35. The third-order valence-corrected chi connectivity index (χ3v) is 8.23. The maximum Gasteiger partial charge on any atom is 0.267 e. The van der Waals surface area contributed by atoms with Crippen LogP contribution >= 0.6 is 23.1 Å². The van der Waals surface area contributed by atoms with E-state index in [1.54, 1.807) is 15.9 Å². The maximum absolute atomic E-state index is 13.8. The minimum absolute atomic E-state index is 0.0288. The molecule has 0 bridgehead atoms. The van der Waals surface area contributed by atoms with Gasteiger partial charge in [-0.1, -0.05) is 11.8 Å². The Hall–Kier alpha value is -3.83. The van der Waals surface area contributed by atoms with Crippen LogP contribution in [0.4, 0.5) is 0 Å². The molecule has 3 N–H and O–H groups in total. The summed E-state index contributed by atoms with van der Waals surface area (Å²) in [7, 11) is 0. The summed E-state index contributed by atoms with van der Waals surface area (Å²) in [6.07, 6.45) is 5.28. The highest BCUT2D eigenvalue weighted by molar-refractivity contribution is 7.99. The second-order valence-corrected chi connectivity index (χ2v) is 10.7. The number of thiophene rings is 1. The van der Waals surface area contributed by atoms with Crippen LogP contribution in [0.2, 0.25) is 0 Å². The molecule has 0 atom stereocenters. The molecule has 9 nitrogen and oxygen atoms in total. The van der Waals surface area contributed by atoms with E-state index in [2.05, 4.69) is 10.5 Å². The third kappa shape index (κ3) is 5.39. The predicted octanol–water partition coefficient (Wildman–Crippen LogP) is 4.38. The number of hydrazone groups is 1. The van der Waals surface area contributed by atoms with Crippen molar-refractivity contribution in [3.05, 3.63) is 68.8 Å². The lowest BCUT2D eigenvalue weighted by atomic mass is 9.97. The van der Waals surface area contributed by atoms with E-state index in [0.29, 0.717) is 39.0 Å². The number of nitrogens with one attached hydrogen (secondary N) is 1. The molecule has 0 fully saturated rings. The Morgan fingerprint density at radius 3 is 2.76 bits per heavy atom. The van der Waals surface area contributed by atoms with Crippen molar-refractivity contribution in [2.45, 2.75) is 37.8 Å². The van der Waals surface area contributed by atoms with Gasteiger partial charge in [-0.3, -0.25) is 14.2 Å². The first-order valence-electron chi connectivity index (χ1n) is 12.2. The lowest BCUT2D eigenvalue weighted by Crippen LogP contribution is -2.24. The van der Waals surface area contributed by atoms with Crippen molar-refractivity contribution in [3.8, 4) is 22.9 Å². The minimum atomic E-state index is -0.400. The highest BCUT2D eigenvalue weighted by Gasteiger charge is 2.23. The second kappa shape index (κ2) is 11.3. The fourth-order valence-corrected chi connectivity index (χ4v) is 6.45. The number of aromatic nitrogens is 2. The SMILES string of the molecule is CCOc1ccc(-n2c(SCC(=O)NN=Cc3ccc(O)cc3O)nc3sc4c(c3c2=O)CCCC4)cc1. The number of aromatic hydroxyl groups is 2. The standard InChI is InChI=1S/C27H26N4O5S2/c1-2-36-19-11-8-17(9-12-19)31-26(35)24-20-5-3-4-6-22(20)38-25(24)29-27(31)37-15-23(34)30-28-14-16-7-10-18(32)13-21(16)33/h7-14,32-33H,2-6,15H2,1H3,(H,30,34). The van der Waals surface area contributed by atoms with Crippen LogP contribution in [-0.4, -0.2) is 44.2 Å². The number of hydrogen-bond acceptors (Lipinski definition) is 9. The molecule has 2 heterocycles. The molecule has 0 aliphatic heterocycles. The van der Waals surface area contributed by atoms with Crippen molar-refractivity contribution >= 4 is 45.4 Å². The molecule has 0 saturated heterocycles. The number of phenolic OH excluding ortho intramolecular Hbond substituents is 2. The molecule has 4 aromatic rings. The van der Waals surface area contributed by atoms with Crippen LogP contribution < -0.4 is 15.7 Å². The van der Waals surface area contributed by atoms with Gasteiger partial charge in [-0.05, 0) is 74.6 Å². The third-order valence-electron chi connectivity index (χ3n) is 6.10. The lowest BCUT2D eigenvalue weighted by Gasteiger charge is -2.14. The fourth-order valence-electron chi connectivity index (χ4n) is 4.35. The van der Waals surface area contributed by atoms with Gasteiger partial charge in [-0.25, -0.2) is 10.4 Å². The number of thioether (sulfide) groups is 1. The number of benzene rings is 2. The smallest absolute Gasteiger partial charge is 0.267 e. The molecule has 196 valence electrons. The first-order valence-corrected chi connectivity index (χ1v) is 14.0. The number of rotatable bonds is 8. The van der Waals surface area contributed by atoms with Crippen LogP contribution in [-0.2, 0) is 17.6 Å². The number of aryl methyl sites for hydroxylation is 2. The number of nitrogens with zero attached hydrogens (tertiary/aromatic N) is 3. The van der Waals surface area contributed by atoms with Gasteiger partial charge in [0, 0.05) is 16.5 Å². The molecular formula is C27H26N4O5S2. The summed E-state index contributed by atoms with van der Waals surface area (Å²) in [4.78, 5) is 33.1. The first kappa shape index (κ1) is 25.8. The Bertz CT molecular complexity index is 1580. The van der Waals surface area contributed by atoms with Gasteiger partial charge in [-0.15, -0.1) is 11.3 Å². The molecule has 5 rings (SSSR count). The molecule has 1 amide bonds. The van der Waals surface area contributed by atoms with Crippen LogP contribution in [0.5, 0.6) is 17.2 Å². The molecular weight excluding hydrogens is 524 g/mol. The largest absolute Gasteiger partial charge is 0.508 e. The number of hydrogen-bond donors (Lipinski definition) is 3. The summed E-state index contributed by atoms with van der Waals surface area (Å²) in [6.45, 7) is 2.45. The maximum atomic E-state index is 13.8. The van der Waals surface area contributed by atoms with Gasteiger partial charge >= 0.3 is 0 Å². The van der Waals surface area contributed by atoms with Crippen molar-refractivity contribution < 1.29 is 19.7 Å². The summed E-state index contributed by atoms with van der Waals surface area (Å²) in [5.74, 6) is 0.0430. The molecule has 0 spiro atoms. The van der Waals surface area contributed by atoms with Gasteiger partial charge < -0.3 is 14.9 Å². The zero-order chi connectivity index (χ0) is 26.6. The number of fused-ring (bicyclic) bond motifs is 3. The van der Waals surface area contributed by atoms with Gasteiger partial charge in [0.2, 0.25) is 0 Å². The van der Waals surface area contributed by atoms with Gasteiger partial charge in [0.1, 0.15) is 22.1 Å². The van der Waals surface area contributed by atoms with E-state index in [-0.39, 0.29) is 22.8 Å². The van der Waals surface area contributed by atoms with Crippen LogP contribution in [0.25, 0.3) is 15.9 Å². The number of carbonyl (C=O) groups excluding carboxylic acids is 1. The molecule has 2 aromatic heterocycles. The predicted molar refractivity (Wildman–Crippen MR) is 149 cm³/mol.